The smallest absolute Gasteiger partial charge is 0.326 e. The summed E-state index contributed by atoms with van der Waals surface area (Å²) in [6.45, 7) is 0.443. The van der Waals surface area contributed by atoms with Crippen LogP contribution in [0, 0.1) is 11.3 Å². The van der Waals surface area contributed by atoms with Crippen LogP contribution in [0.4, 0.5) is 0 Å². The summed E-state index contributed by atoms with van der Waals surface area (Å²) in [6.07, 6.45) is 3.68. The predicted octanol–water partition coefficient (Wildman–Crippen LogP) is 1.82. The van der Waals surface area contributed by atoms with Gasteiger partial charge in [-0.1, -0.05) is 24.3 Å². The minimum absolute atomic E-state index is 0.0596. The summed E-state index contributed by atoms with van der Waals surface area (Å²) in [4.78, 5) is 25.7. The van der Waals surface area contributed by atoms with E-state index in [4.69, 9.17) is 0 Å². The first-order valence-electron chi connectivity index (χ1n) is 7.21. The molecule has 0 saturated heterocycles. The van der Waals surface area contributed by atoms with Crippen molar-refractivity contribution in [3.05, 3.63) is 35.4 Å². The Hall–Kier alpha value is -1.84. The zero-order valence-electron chi connectivity index (χ0n) is 11.2. The highest BCUT2D eigenvalue weighted by atomic mass is 16.4. The summed E-state index contributed by atoms with van der Waals surface area (Å²) < 4.78 is 0. The molecular weight excluding hydrogens is 254 g/mol. The molecule has 1 aliphatic heterocycles. The molecule has 1 aromatic rings. The van der Waals surface area contributed by atoms with Gasteiger partial charge in [-0.2, -0.15) is 0 Å². The average molecular weight is 271 g/mol. The van der Waals surface area contributed by atoms with Gasteiger partial charge in [-0.15, -0.1) is 0 Å². The summed E-state index contributed by atoms with van der Waals surface area (Å²) in [5, 5.41) is 9.44. The van der Waals surface area contributed by atoms with E-state index in [1.54, 1.807) is 4.90 Å². The van der Waals surface area contributed by atoms with E-state index in [1.165, 1.54) is 0 Å². The molecule has 1 aromatic carbocycles. The Balaban J connectivity index is 1.63. The van der Waals surface area contributed by atoms with Crippen LogP contribution in [0.2, 0.25) is 0 Å². The monoisotopic (exact) mass is 271 g/mol. The molecule has 104 valence electrons. The molecule has 0 radical (unpaired) electrons. The molecule has 4 rings (SSSR count). The molecule has 3 aliphatic rings. The normalized spacial score (nSPS) is 28.9. The third-order valence-electron chi connectivity index (χ3n) is 5.20. The number of carboxylic acids is 1. The summed E-state index contributed by atoms with van der Waals surface area (Å²) in [5.41, 5.74) is 2.42. The zero-order valence-corrected chi connectivity index (χ0v) is 11.2. The summed E-state index contributed by atoms with van der Waals surface area (Å²) in [7, 11) is 0. The molecule has 2 aliphatic carbocycles. The second-order valence-electron chi connectivity index (χ2n) is 6.41. The number of hydrogen-bond acceptors (Lipinski definition) is 2. The number of benzene rings is 1. The van der Waals surface area contributed by atoms with Crippen LogP contribution in [-0.4, -0.2) is 27.9 Å². The Morgan fingerprint density at radius 1 is 1.20 bits per heavy atom. The standard InChI is InChI=1S/C16H17NO3/c18-14(12-8-16(12)5-6-16)17-9-11-4-2-1-3-10(11)7-13(17)15(19)20/h1-4,12-13H,5-9H2,(H,19,20). The van der Waals surface area contributed by atoms with E-state index in [2.05, 4.69) is 0 Å². The van der Waals surface area contributed by atoms with Crippen molar-refractivity contribution in [2.24, 2.45) is 11.3 Å². The highest BCUT2D eigenvalue weighted by Gasteiger charge is 2.66. The molecule has 4 nitrogen and oxygen atoms in total. The number of carboxylic acid groups (broad SMARTS) is 1. The van der Waals surface area contributed by atoms with Crippen molar-refractivity contribution in [2.45, 2.75) is 38.3 Å². The fourth-order valence-corrected chi connectivity index (χ4v) is 3.59. The highest BCUT2D eigenvalue weighted by Crippen LogP contribution is 2.71. The molecule has 1 N–H and O–H groups in total. The number of hydrogen-bond donors (Lipinski definition) is 1. The minimum Gasteiger partial charge on any atom is -0.480 e. The van der Waals surface area contributed by atoms with Crippen LogP contribution in [0.3, 0.4) is 0 Å². The van der Waals surface area contributed by atoms with Gasteiger partial charge in [-0.3, -0.25) is 4.79 Å². The van der Waals surface area contributed by atoms with Crippen molar-refractivity contribution < 1.29 is 14.7 Å². The van der Waals surface area contributed by atoms with Gasteiger partial charge < -0.3 is 10.0 Å². The number of amides is 1. The molecule has 4 heteroatoms. The molecule has 2 unspecified atom stereocenters. The van der Waals surface area contributed by atoms with E-state index in [9.17, 15) is 14.7 Å². The van der Waals surface area contributed by atoms with Crippen LogP contribution >= 0.6 is 0 Å². The number of fused-ring (bicyclic) bond motifs is 1. The van der Waals surface area contributed by atoms with Gasteiger partial charge >= 0.3 is 5.97 Å². The van der Waals surface area contributed by atoms with Crippen LogP contribution < -0.4 is 0 Å². The van der Waals surface area contributed by atoms with Gasteiger partial charge in [0.05, 0.1) is 0 Å². The quantitative estimate of drug-likeness (QED) is 0.892. The largest absolute Gasteiger partial charge is 0.480 e. The molecule has 20 heavy (non-hydrogen) atoms. The first-order chi connectivity index (χ1) is 9.61. The zero-order chi connectivity index (χ0) is 13.9. The van der Waals surface area contributed by atoms with Crippen LogP contribution in [0.25, 0.3) is 0 Å². The molecule has 0 aromatic heterocycles. The number of carbonyl (C=O) groups is 2. The third-order valence-corrected chi connectivity index (χ3v) is 5.20. The Bertz CT molecular complexity index is 605. The summed E-state index contributed by atoms with van der Waals surface area (Å²) >= 11 is 0. The number of nitrogens with zero attached hydrogens (tertiary/aromatic N) is 1. The molecule has 2 fully saturated rings. The lowest BCUT2D eigenvalue weighted by atomic mass is 9.93. The first kappa shape index (κ1) is 11.9. The van der Waals surface area contributed by atoms with Gasteiger partial charge in [0, 0.05) is 18.9 Å². The van der Waals surface area contributed by atoms with Gasteiger partial charge in [0.25, 0.3) is 0 Å². The lowest BCUT2D eigenvalue weighted by molar-refractivity contribution is -0.152. The van der Waals surface area contributed by atoms with Crippen LogP contribution in [-0.2, 0) is 22.6 Å². The van der Waals surface area contributed by atoms with Gasteiger partial charge in [-0.05, 0) is 35.8 Å². The van der Waals surface area contributed by atoms with Crippen molar-refractivity contribution in [1.29, 1.82) is 0 Å². The average Bonchev–Trinajstić information content (AvgIpc) is 3.37. The molecule has 0 bridgehead atoms. The topological polar surface area (TPSA) is 57.6 Å². The third kappa shape index (κ3) is 1.67. The van der Waals surface area contributed by atoms with Gasteiger partial charge in [-0.25, -0.2) is 4.79 Å². The fourth-order valence-electron chi connectivity index (χ4n) is 3.59. The number of rotatable bonds is 2. The maximum atomic E-state index is 12.6. The lowest BCUT2D eigenvalue weighted by Crippen LogP contribution is -2.49. The van der Waals surface area contributed by atoms with Crippen molar-refractivity contribution in [3.8, 4) is 0 Å². The van der Waals surface area contributed by atoms with Gasteiger partial charge in [0.15, 0.2) is 0 Å². The molecule has 1 heterocycles. The van der Waals surface area contributed by atoms with Crippen molar-refractivity contribution >= 4 is 11.9 Å². The summed E-state index contributed by atoms with van der Waals surface area (Å²) in [5.74, 6) is -0.739. The minimum atomic E-state index is -0.890. The number of carbonyl (C=O) groups excluding carboxylic acids is 1. The van der Waals surface area contributed by atoms with E-state index >= 15 is 0 Å². The molecular formula is C16H17NO3. The Labute approximate surface area is 117 Å². The van der Waals surface area contributed by atoms with Gasteiger partial charge in [0.1, 0.15) is 6.04 Å². The van der Waals surface area contributed by atoms with E-state index < -0.39 is 12.0 Å². The maximum Gasteiger partial charge on any atom is 0.326 e. The van der Waals surface area contributed by atoms with E-state index in [-0.39, 0.29) is 17.2 Å². The second kappa shape index (κ2) is 3.84. The number of aliphatic carboxylic acids is 1. The molecule has 2 saturated carbocycles. The van der Waals surface area contributed by atoms with Crippen LogP contribution in [0.15, 0.2) is 24.3 Å². The Morgan fingerprint density at radius 3 is 2.50 bits per heavy atom. The van der Waals surface area contributed by atoms with E-state index in [0.717, 1.165) is 30.4 Å². The maximum absolute atomic E-state index is 12.6. The predicted molar refractivity (Wildman–Crippen MR) is 71.9 cm³/mol. The fraction of sp³-hybridized carbons (Fsp3) is 0.500. The molecule has 1 spiro atoms. The Morgan fingerprint density at radius 2 is 1.90 bits per heavy atom. The molecule has 1 amide bonds. The van der Waals surface area contributed by atoms with Crippen LogP contribution in [0.1, 0.15) is 30.4 Å². The highest BCUT2D eigenvalue weighted by molar-refractivity contribution is 5.88. The second-order valence-corrected chi connectivity index (χ2v) is 6.41. The van der Waals surface area contributed by atoms with Crippen molar-refractivity contribution in [2.75, 3.05) is 0 Å². The van der Waals surface area contributed by atoms with Crippen molar-refractivity contribution in [1.82, 2.24) is 4.90 Å². The SMILES string of the molecule is O=C(O)C1Cc2ccccc2CN1C(=O)C1CC12CC2. The van der Waals surface area contributed by atoms with Gasteiger partial charge in [0.2, 0.25) is 5.91 Å². The summed E-state index contributed by atoms with van der Waals surface area (Å²) in [6, 6.07) is 7.13. The molecule has 2 atom stereocenters. The van der Waals surface area contributed by atoms with Crippen molar-refractivity contribution in [3.63, 3.8) is 0 Å². The lowest BCUT2D eigenvalue weighted by Gasteiger charge is -2.34. The van der Waals surface area contributed by atoms with E-state index in [1.807, 2.05) is 24.3 Å². The Kier molecular flexibility index (Phi) is 2.29. The first-order valence-corrected chi connectivity index (χ1v) is 7.21. The van der Waals surface area contributed by atoms with Crippen LogP contribution in [0.5, 0.6) is 0 Å². The van der Waals surface area contributed by atoms with E-state index in [0.29, 0.717) is 13.0 Å².